The van der Waals surface area contributed by atoms with E-state index in [1.165, 1.54) is 0 Å². The van der Waals surface area contributed by atoms with E-state index in [1.54, 1.807) is 35.4 Å². The van der Waals surface area contributed by atoms with Gasteiger partial charge in [-0.1, -0.05) is 6.07 Å². The Morgan fingerprint density at radius 3 is 2.68 bits per heavy atom. The molecule has 0 atom stereocenters. The van der Waals surface area contributed by atoms with Crippen LogP contribution in [0.3, 0.4) is 0 Å². The van der Waals surface area contributed by atoms with Crippen molar-refractivity contribution in [1.82, 2.24) is 15.2 Å². The van der Waals surface area contributed by atoms with E-state index in [0.29, 0.717) is 37.3 Å². The lowest BCUT2D eigenvalue weighted by Gasteiger charge is -2.16. The molecule has 0 saturated heterocycles. The van der Waals surface area contributed by atoms with Crippen molar-refractivity contribution in [1.29, 1.82) is 0 Å². The van der Waals surface area contributed by atoms with Crippen LogP contribution in [0.25, 0.3) is 0 Å². The predicted molar refractivity (Wildman–Crippen MR) is 93.0 cm³/mol. The summed E-state index contributed by atoms with van der Waals surface area (Å²) in [5.41, 5.74) is 3.12. The quantitative estimate of drug-likeness (QED) is 0.723. The third-order valence-corrected chi connectivity index (χ3v) is 3.99. The van der Waals surface area contributed by atoms with Crippen LogP contribution in [0.4, 0.5) is 10.5 Å². The zero-order chi connectivity index (χ0) is 17.6. The van der Waals surface area contributed by atoms with E-state index in [0.717, 1.165) is 11.3 Å². The fraction of sp³-hybridized carbons (Fsp3) is 0.278. The lowest BCUT2D eigenvalue weighted by Crippen LogP contribution is -2.30. The van der Waals surface area contributed by atoms with Crippen LogP contribution in [-0.2, 0) is 13.1 Å². The lowest BCUT2D eigenvalue weighted by molar-refractivity contribution is 0.0951. The van der Waals surface area contributed by atoms with Gasteiger partial charge in [-0.05, 0) is 42.3 Å². The molecule has 0 fully saturated rings. The molecule has 1 aromatic carbocycles. The van der Waals surface area contributed by atoms with Gasteiger partial charge in [0.15, 0.2) is 0 Å². The summed E-state index contributed by atoms with van der Waals surface area (Å²) in [6.45, 7) is 1.51. The number of anilines is 1. The number of hydrogen-bond donors (Lipinski definition) is 3. The molecule has 3 amide bonds. The maximum atomic E-state index is 12.4. The third kappa shape index (κ3) is 4.13. The van der Waals surface area contributed by atoms with Gasteiger partial charge in [-0.2, -0.15) is 0 Å². The number of carbonyl (C=O) groups excluding carboxylic acids is 2. The highest BCUT2D eigenvalue weighted by molar-refractivity contribution is 5.95. The molecule has 0 radical (unpaired) electrons. The highest BCUT2D eigenvalue weighted by atomic mass is 16.3. The van der Waals surface area contributed by atoms with Crippen LogP contribution in [0.2, 0.25) is 0 Å². The van der Waals surface area contributed by atoms with Crippen LogP contribution < -0.4 is 10.6 Å². The molecule has 2 heterocycles. The summed E-state index contributed by atoms with van der Waals surface area (Å²) in [5, 5.41) is 14.3. The van der Waals surface area contributed by atoms with Crippen LogP contribution >= 0.6 is 0 Å². The van der Waals surface area contributed by atoms with E-state index in [2.05, 4.69) is 15.6 Å². The number of aliphatic hydroxyl groups excluding tert-OH is 1. The molecule has 0 spiro atoms. The Labute approximate surface area is 145 Å². The second-order valence-electron chi connectivity index (χ2n) is 5.81. The first-order chi connectivity index (χ1) is 12.2. The number of amides is 3. The second kappa shape index (κ2) is 7.76. The average molecular weight is 340 g/mol. The van der Waals surface area contributed by atoms with Gasteiger partial charge in [0.05, 0.1) is 12.2 Å². The van der Waals surface area contributed by atoms with Gasteiger partial charge in [-0.15, -0.1) is 0 Å². The number of fused-ring (bicyclic) bond motifs is 1. The average Bonchev–Trinajstić information content (AvgIpc) is 3.07. The van der Waals surface area contributed by atoms with E-state index in [4.69, 9.17) is 5.11 Å². The number of benzene rings is 1. The second-order valence-corrected chi connectivity index (χ2v) is 5.81. The highest BCUT2D eigenvalue weighted by Gasteiger charge is 2.23. The van der Waals surface area contributed by atoms with Crippen molar-refractivity contribution >= 4 is 17.6 Å². The van der Waals surface area contributed by atoms with Gasteiger partial charge in [0, 0.05) is 37.1 Å². The molecule has 0 unspecified atom stereocenters. The normalized spacial score (nSPS) is 12.6. The van der Waals surface area contributed by atoms with Crippen molar-refractivity contribution in [3.63, 3.8) is 0 Å². The first-order valence-electron chi connectivity index (χ1n) is 8.15. The standard InChI is InChI=1S/C18H20N4O3/c23-10-2-9-20-17(24)13-4-6-15(7-5-13)21-18(25)22-11-14-3-1-8-19-16(14)12-22/h1,3-8,23H,2,9-12H2,(H,20,24)(H,21,25). The minimum absolute atomic E-state index is 0.0428. The minimum atomic E-state index is -0.201. The van der Waals surface area contributed by atoms with Gasteiger partial charge in [0.25, 0.3) is 5.91 Å². The Bertz CT molecular complexity index is 736. The summed E-state index contributed by atoms with van der Waals surface area (Å²) in [6.07, 6.45) is 2.25. The van der Waals surface area contributed by atoms with Crippen molar-refractivity contribution in [3.8, 4) is 0 Å². The molecular formula is C18H20N4O3. The zero-order valence-corrected chi connectivity index (χ0v) is 13.7. The number of nitrogens with one attached hydrogen (secondary N) is 2. The van der Waals surface area contributed by atoms with Crippen molar-refractivity contribution < 1.29 is 14.7 Å². The van der Waals surface area contributed by atoms with Gasteiger partial charge in [0.2, 0.25) is 0 Å². The van der Waals surface area contributed by atoms with Gasteiger partial charge in [-0.3, -0.25) is 9.78 Å². The minimum Gasteiger partial charge on any atom is -0.396 e. The number of rotatable bonds is 5. The fourth-order valence-electron chi connectivity index (χ4n) is 2.63. The SMILES string of the molecule is O=C(NCCCO)c1ccc(NC(=O)N2Cc3cccnc3C2)cc1. The summed E-state index contributed by atoms with van der Waals surface area (Å²) in [5.74, 6) is -0.201. The number of urea groups is 1. The van der Waals surface area contributed by atoms with Crippen molar-refractivity contribution in [2.45, 2.75) is 19.5 Å². The number of carbonyl (C=O) groups is 2. The largest absolute Gasteiger partial charge is 0.396 e. The van der Waals surface area contributed by atoms with Gasteiger partial charge in [0.1, 0.15) is 0 Å². The molecule has 3 rings (SSSR count). The van der Waals surface area contributed by atoms with Crippen LogP contribution in [0.1, 0.15) is 28.0 Å². The summed E-state index contributed by atoms with van der Waals surface area (Å²) >= 11 is 0. The van der Waals surface area contributed by atoms with Gasteiger partial charge >= 0.3 is 6.03 Å². The summed E-state index contributed by atoms with van der Waals surface area (Å²) in [4.78, 5) is 30.2. The van der Waals surface area contributed by atoms with E-state index >= 15 is 0 Å². The van der Waals surface area contributed by atoms with Crippen LogP contribution in [0.15, 0.2) is 42.6 Å². The number of nitrogens with zero attached hydrogens (tertiary/aromatic N) is 2. The van der Waals surface area contributed by atoms with E-state index in [1.807, 2.05) is 12.1 Å². The molecule has 1 aliphatic rings. The molecule has 0 aliphatic carbocycles. The van der Waals surface area contributed by atoms with Crippen molar-refractivity contribution in [3.05, 3.63) is 59.4 Å². The van der Waals surface area contributed by atoms with Crippen molar-refractivity contribution in [2.24, 2.45) is 0 Å². The first-order valence-corrected chi connectivity index (χ1v) is 8.15. The van der Waals surface area contributed by atoms with Crippen LogP contribution in [-0.4, -0.2) is 40.1 Å². The molecule has 0 saturated carbocycles. The van der Waals surface area contributed by atoms with Gasteiger partial charge < -0.3 is 20.6 Å². The Kier molecular flexibility index (Phi) is 5.25. The molecule has 7 heteroatoms. The molecule has 1 aliphatic heterocycles. The molecule has 3 N–H and O–H groups in total. The monoisotopic (exact) mass is 340 g/mol. The van der Waals surface area contributed by atoms with E-state index in [-0.39, 0.29) is 18.5 Å². The Morgan fingerprint density at radius 1 is 1.16 bits per heavy atom. The number of aliphatic hydroxyl groups is 1. The highest BCUT2D eigenvalue weighted by Crippen LogP contribution is 2.21. The predicted octanol–water partition coefficient (Wildman–Crippen LogP) is 1.74. The van der Waals surface area contributed by atoms with Crippen molar-refractivity contribution in [2.75, 3.05) is 18.5 Å². The first kappa shape index (κ1) is 16.9. The maximum absolute atomic E-state index is 12.4. The fourth-order valence-corrected chi connectivity index (χ4v) is 2.63. The molecule has 130 valence electrons. The molecule has 25 heavy (non-hydrogen) atoms. The number of aromatic nitrogens is 1. The Hall–Kier alpha value is -2.93. The molecule has 2 aromatic rings. The molecule has 1 aromatic heterocycles. The Morgan fingerprint density at radius 2 is 1.96 bits per heavy atom. The summed E-state index contributed by atoms with van der Waals surface area (Å²) < 4.78 is 0. The number of hydrogen-bond acceptors (Lipinski definition) is 4. The topological polar surface area (TPSA) is 94.6 Å². The van der Waals surface area contributed by atoms with E-state index < -0.39 is 0 Å². The summed E-state index contributed by atoms with van der Waals surface area (Å²) in [7, 11) is 0. The third-order valence-electron chi connectivity index (χ3n) is 3.99. The molecule has 7 nitrogen and oxygen atoms in total. The molecule has 0 bridgehead atoms. The molecular weight excluding hydrogens is 320 g/mol. The Balaban J connectivity index is 1.55. The summed E-state index contributed by atoms with van der Waals surface area (Å²) in [6, 6.07) is 10.3. The number of pyridine rings is 1. The van der Waals surface area contributed by atoms with Crippen LogP contribution in [0, 0.1) is 0 Å². The zero-order valence-electron chi connectivity index (χ0n) is 13.7. The lowest BCUT2D eigenvalue weighted by atomic mass is 10.2. The maximum Gasteiger partial charge on any atom is 0.322 e. The van der Waals surface area contributed by atoms with Crippen LogP contribution in [0.5, 0.6) is 0 Å². The van der Waals surface area contributed by atoms with Gasteiger partial charge in [-0.25, -0.2) is 4.79 Å². The van der Waals surface area contributed by atoms with E-state index in [9.17, 15) is 9.59 Å². The smallest absolute Gasteiger partial charge is 0.322 e.